The zero-order chi connectivity index (χ0) is 33.7. The van der Waals surface area contributed by atoms with Crippen molar-refractivity contribution in [3.05, 3.63) is 51.6 Å². The van der Waals surface area contributed by atoms with Crippen LogP contribution >= 0.6 is 0 Å². The minimum Gasteiger partial charge on any atom is -0.507 e. The molecule has 5 N–H and O–H groups in total. The van der Waals surface area contributed by atoms with E-state index in [2.05, 4.69) is 0 Å². The summed E-state index contributed by atoms with van der Waals surface area (Å²) in [5.41, 5.74) is -3.62. The number of ketones is 3. The van der Waals surface area contributed by atoms with Crippen molar-refractivity contribution in [2.45, 2.75) is 83.2 Å². The normalized spacial score (nSPS) is 27.5. The van der Waals surface area contributed by atoms with Crippen LogP contribution in [-0.2, 0) is 20.7 Å². The van der Waals surface area contributed by atoms with Crippen molar-refractivity contribution in [2.24, 2.45) is 4.99 Å². The number of hydrogen-bond donors (Lipinski definition) is 5. The van der Waals surface area contributed by atoms with E-state index in [1.807, 2.05) is 25.7 Å². The largest absolute Gasteiger partial charge is 0.507 e. The van der Waals surface area contributed by atoms with E-state index in [0.717, 1.165) is 0 Å². The van der Waals surface area contributed by atoms with Crippen molar-refractivity contribution in [1.82, 2.24) is 4.90 Å². The maximum Gasteiger partial charge on any atom is 0.202 e. The van der Waals surface area contributed by atoms with E-state index in [9.17, 15) is 39.9 Å². The number of carbonyl (C=O) groups excluding carboxylic acids is 3. The predicted molar refractivity (Wildman–Crippen MR) is 164 cm³/mol. The number of nitrogens with zero attached hydrogens (tertiary/aromatic N) is 2. The summed E-state index contributed by atoms with van der Waals surface area (Å²) in [5, 5.41) is 55.3. The maximum absolute atomic E-state index is 13.8. The highest BCUT2D eigenvalue weighted by Crippen LogP contribution is 2.52. The van der Waals surface area contributed by atoms with E-state index >= 15 is 0 Å². The molecule has 248 valence electrons. The number of Topliss-reactive ketones (excluding diaryl/α,β-unsaturated/α-hetero) is 1. The number of phenols is 2. The lowest BCUT2D eigenvalue weighted by molar-refractivity contribution is -0.247. The number of amidine groups is 1. The van der Waals surface area contributed by atoms with Gasteiger partial charge in [0.1, 0.15) is 35.6 Å². The van der Waals surface area contributed by atoms with Crippen molar-refractivity contribution in [1.29, 1.82) is 0 Å². The molecule has 13 heteroatoms. The Hall–Kier alpha value is -3.88. The molecule has 5 unspecified atom stereocenters. The predicted octanol–water partition coefficient (Wildman–Crippen LogP) is 1.80. The summed E-state index contributed by atoms with van der Waals surface area (Å²) < 4.78 is 17.6. The van der Waals surface area contributed by atoms with Crippen LogP contribution in [-0.4, -0.2) is 111 Å². The Morgan fingerprint density at radius 2 is 1.78 bits per heavy atom. The van der Waals surface area contributed by atoms with Gasteiger partial charge in [-0.25, -0.2) is 0 Å². The van der Waals surface area contributed by atoms with Crippen LogP contribution in [0.5, 0.6) is 17.2 Å². The summed E-state index contributed by atoms with van der Waals surface area (Å²) in [5.74, 6) is -3.04. The topological polar surface area (TPSA) is 196 Å². The number of benzene rings is 2. The number of hydrogen-bond acceptors (Lipinski definition) is 12. The number of methoxy groups -OCH3 is 1. The van der Waals surface area contributed by atoms with Gasteiger partial charge in [-0.15, -0.1) is 0 Å². The molecule has 1 aliphatic heterocycles. The minimum absolute atomic E-state index is 0.0495. The number of rotatable bonds is 8. The molecule has 0 aromatic heterocycles. The molecule has 0 radical (unpaired) electrons. The summed E-state index contributed by atoms with van der Waals surface area (Å²) in [7, 11) is 1.33. The lowest BCUT2D eigenvalue weighted by Gasteiger charge is -2.42. The van der Waals surface area contributed by atoms with E-state index in [4.69, 9.17) is 19.2 Å². The number of phenolic OH excluding ortho intramolecular Hbond substituents is 2. The summed E-state index contributed by atoms with van der Waals surface area (Å²) in [6.07, 6.45) is -5.14. The Kier molecular flexibility index (Phi) is 9.26. The van der Waals surface area contributed by atoms with E-state index in [1.165, 1.54) is 25.3 Å². The van der Waals surface area contributed by atoms with Gasteiger partial charge in [0.05, 0.1) is 47.9 Å². The fraction of sp³-hybridized carbons (Fsp3) is 0.515. The quantitative estimate of drug-likeness (QED) is 0.136. The van der Waals surface area contributed by atoms with Crippen LogP contribution in [0.3, 0.4) is 0 Å². The Labute approximate surface area is 266 Å². The van der Waals surface area contributed by atoms with Gasteiger partial charge in [-0.05, 0) is 33.8 Å². The first kappa shape index (κ1) is 33.5. The van der Waals surface area contributed by atoms with Gasteiger partial charge in [0.15, 0.2) is 17.9 Å². The minimum atomic E-state index is -2.26. The van der Waals surface area contributed by atoms with Crippen molar-refractivity contribution in [3.63, 3.8) is 0 Å². The van der Waals surface area contributed by atoms with Crippen molar-refractivity contribution in [2.75, 3.05) is 26.8 Å². The number of ether oxygens (including phenoxy) is 3. The zero-order valence-electron chi connectivity index (χ0n) is 26.4. The molecule has 2 aromatic rings. The zero-order valence-corrected chi connectivity index (χ0v) is 26.4. The van der Waals surface area contributed by atoms with E-state index in [1.54, 1.807) is 6.92 Å². The maximum atomic E-state index is 13.8. The van der Waals surface area contributed by atoms with Crippen molar-refractivity contribution >= 4 is 23.2 Å². The molecule has 1 fully saturated rings. The van der Waals surface area contributed by atoms with Crippen LogP contribution in [0.15, 0.2) is 23.2 Å². The van der Waals surface area contributed by atoms with E-state index < -0.39 is 95.7 Å². The Morgan fingerprint density at radius 1 is 1.11 bits per heavy atom. The van der Waals surface area contributed by atoms with Gasteiger partial charge in [0.2, 0.25) is 5.78 Å². The summed E-state index contributed by atoms with van der Waals surface area (Å²) in [6.45, 7) is 7.85. The Bertz CT molecular complexity index is 1600. The number of aliphatic imine (C=N–C) groups is 1. The number of fused-ring (bicyclic) bond motifs is 3. The molecule has 6 atom stereocenters. The van der Waals surface area contributed by atoms with Crippen LogP contribution in [0.4, 0.5) is 0 Å². The third-order valence-electron chi connectivity index (χ3n) is 9.30. The number of aliphatic hydroxyl groups is 3. The summed E-state index contributed by atoms with van der Waals surface area (Å²) in [4.78, 5) is 47.1. The van der Waals surface area contributed by atoms with Crippen LogP contribution in [0.2, 0.25) is 0 Å². The van der Waals surface area contributed by atoms with Gasteiger partial charge in [0, 0.05) is 49.0 Å². The molecule has 46 heavy (non-hydrogen) atoms. The van der Waals surface area contributed by atoms with Crippen LogP contribution in [0.1, 0.15) is 89.6 Å². The molecule has 1 heterocycles. The monoisotopic (exact) mass is 640 g/mol. The summed E-state index contributed by atoms with van der Waals surface area (Å²) in [6, 6.07) is 3.75. The SMILES string of the molecule is CCN(CC)C(C)=NC1CC(O[C@H]2CC(O)(C(=O)CO)Cc3c(O)c4c(c(O)c32)C(=O)c2c(OC)cccc2C4=O)OC(C)C1O. The molecule has 0 saturated carbocycles. The van der Waals surface area contributed by atoms with Gasteiger partial charge < -0.3 is 44.6 Å². The van der Waals surface area contributed by atoms with Gasteiger partial charge >= 0.3 is 0 Å². The highest BCUT2D eigenvalue weighted by atomic mass is 16.7. The van der Waals surface area contributed by atoms with Crippen LogP contribution in [0, 0.1) is 0 Å². The van der Waals surface area contributed by atoms with Gasteiger partial charge in [-0.2, -0.15) is 0 Å². The first-order valence-corrected chi connectivity index (χ1v) is 15.3. The Morgan fingerprint density at radius 3 is 2.41 bits per heavy atom. The van der Waals surface area contributed by atoms with Crippen molar-refractivity contribution < 1.29 is 54.1 Å². The van der Waals surface area contributed by atoms with Gasteiger partial charge in [0.25, 0.3) is 0 Å². The highest BCUT2D eigenvalue weighted by Gasteiger charge is 2.50. The first-order chi connectivity index (χ1) is 21.8. The molecule has 13 nitrogen and oxygen atoms in total. The molecule has 2 aliphatic carbocycles. The third-order valence-corrected chi connectivity index (χ3v) is 9.30. The second-order valence-corrected chi connectivity index (χ2v) is 11.9. The average molecular weight is 641 g/mol. The lowest BCUT2D eigenvalue weighted by Crippen LogP contribution is -2.50. The fourth-order valence-corrected chi connectivity index (χ4v) is 6.82. The molecular formula is C33H40N2O11. The smallest absolute Gasteiger partial charge is 0.202 e. The first-order valence-electron chi connectivity index (χ1n) is 15.3. The van der Waals surface area contributed by atoms with Crippen LogP contribution in [0.25, 0.3) is 0 Å². The Balaban J connectivity index is 1.61. The van der Waals surface area contributed by atoms with E-state index in [0.29, 0.717) is 18.9 Å². The highest BCUT2D eigenvalue weighted by molar-refractivity contribution is 6.31. The number of aliphatic hydroxyl groups excluding tert-OH is 2. The lowest BCUT2D eigenvalue weighted by atomic mass is 9.72. The second kappa shape index (κ2) is 12.7. The third kappa shape index (κ3) is 5.45. The molecule has 5 rings (SSSR count). The van der Waals surface area contributed by atoms with Crippen molar-refractivity contribution in [3.8, 4) is 17.2 Å². The average Bonchev–Trinajstić information content (AvgIpc) is 3.03. The summed E-state index contributed by atoms with van der Waals surface area (Å²) >= 11 is 0. The molecule has 0 spiro atoms. The number of aromatic hydroxyl groups is 2. The van der Waals surface area contributed by atoms with Gasteiger partial charge in [-0.1, -0.05) is 12.1 Å². The number of carbonyl (C=O) groups is 3. The molecule has 1 saturated heterocycles. The second-order valence-electron chi connectivity index (χ2n) is 11.9. The van der Waals surface area contributed by atoms with Gasteiger partial charge in [-0.3, -0.25) is 19.4 Å². The molecule has 2 aromatic carbocycles. The molecule has 0 bridgehead atoms. The molecule has 0 amide bonds. The van der Waals surface area contributed by atoms with E-state index in [-0.39, 0.29) is 34.4 Å². The van der Waals surface area contributed by atoms with Crippen LogP contribution < -0.4 is 4.74 Å². The molecule has 3 aliphatic rings. The fourth-order valence-electron chi connectivity index (χ4n) is 6.82. The molecular weight excluding hydrogens is 600 g/mol. The standard InChI is InChI=1S/C33H40N2O11/c1-6-35(7-2)16(4)34-19-11-23(45-15(3)28(19)38)46-21-13-33(43,22(37)14-36)12-18-25(21)32(42)27-26(30(18)40)29(39)17-9-8-10-20(44-5)24(17)31(27)41/h8-10,15,19,21,23,28,36,38,40,42-43H,6-7,11-14H2,1-5H3/t15?,19?,21-,23?,28?,33?/m0/s1.